The first-order valence-corrected chi connectivity index (χ1v) is 6.28. The van der Waals surface area contributed by atoms with E-state index in [2.05, 4.69) is 4.98 Å². The number of benzene rings is 1. The quantitative estimate of drug-likeness (QED) is 0.771. The highest BCUT2D eigenvalue weighted by atomic mass is 16.1. The third-order valence-electron chi connectivity index (χ3n) is 2.91. The maximum Gasteiger partial charge on any atom is 0.253 e. The van der Waals surface area contributed by atoms with E-state index in [0.717, 1.165) is 5.56 Å². The Balaban J connectivity index is 1.90. The van der Waals surface area contributed by atoms with E-state index in [9.17, 15) is 9.59 Å². The van der Waals surface area contributed by atoms with Gasteiger partial charge in [0.25, 0.3) is 5.56 Å². The molecule has 0 bridgehead atoms. The number of ketones is 1. The second-order valence-electron chi connectivity index (χ2n) is 4.45. The smallest absolute Gasteiger partial charge is 0.253 e. The molecule has 4 nitrogen and oxygen atoms in total. The molecular weight excluding hydrogens is 240 g/mol. The topological polar surface area (TPSA) is 52.0 Å². The van der Waals surface area contributed by atoms with Crippen molar-refractivity contribution in [3.8, 4) is 0 Å². The number of hydrogen-bond donors (Lipinski definition) is 0. The van der Waals surface area contributed by atoms with Gasteiger partial charge in [-0.05, 0) is 13.3 Å². The van der Waals surface area contributed by atoms with Gasteiger partial charge >= 0.3 is 0 Å². The lowest BCUT2D eigenvalue weighted by Gasteiger charge is -2.05. The molecule has 0 N–H and O–H groups in total. The number of hydrogen-bond acceptors (Lipinski definition) is 3. The molecule has 0 radical (unpaired) electrons. The number of carbonyl (C=O) groups is 1. The Kier molecular flexibility index (Phi) is 4.23. The molecule has 0 aliphatic rings. The van der Waals surface area contributed by atoms with E-state index < -0.39 is 0 Å². The zero-order valence-electron chi connectivity index (χ0n) is 10.9. The predicted molar refractivity (Wildman–Crippen MR) is 73.2 cm³/mol. The lowest BCUT2D eigenvalue weighted by molar-refractivity contribution is 0.0978. The van der Waals surface area contributed by atoms with Gasteiger partial charge in [0, 0.05) is 30.3 Å². The fourth-order valence-corrected chi connectivity index (χ4v) is 1.86. The van der Waals surface area contributed by atoms with E-state index in [-0.39, 0.29) is 11.3 Å². The molecule has 0 atom stereocenters. The van der Waals surface area contributed by atoms with Crippen molar-refractivity contribution in [2.45, 2.75) is 26.3 Å². The normalized spacial score (nSPS) is 10.4. The summed E-state index contributed by atoms with van der Waals surface area (Å²) >= 11 is 0. The van der Waals surface area contributed by atoms with Crippen LogP contribution < -0.4 is 5.56 Å². The summed E-state index contributed by atoms with van der Waals surface area (Å²) in [5.74, 6) is 0.105. The fraction of sp³-hybridized carbons (Fsp3) is 0.267. The summed E-state index contributed by atoms with van der Waals surface area (Å²) in [6.45, 7) is 2.30. The first kappa shape index (κ1) is 13.2. The minimum Gasteiger partial charge on any atom is -0.299 e. The Hall–Kier alpha value is -2.23. The average molecular weight is 256 g/mol. The van der Waals surface area contributed by atoms with Crippen LogP contribution in [0.4, 0.5) is 0 Å². The largest absolute Gasteiger partial charge is 0.299 e. The molecule has 2 aromatic rings. The van der Waals surface area contributed by atoms with E-state index in [4.69, 9.17) is 0 Å². The van der Waals surface area contributed by atoms with Gasteiger partial charge in [0.05, 0.1) is 6.33 Å². The van der Waals surface area contributed by atoms with Gasteiger partial charge in [-0.3, -0.25) is 14.2 Å². The lowest BCUT2D eigenvalue weighted by atomic mass is 10.1. The van der Waals surface area contributed by atoms with Crippen LogP contribution in [0.3, 0.4) is 0 Å². The monoisotopic (exact) mass is 256 g/mol. The summed E-state index contributed by atoms with van der Waals surface area (Å²) in [5.41, 5.74) is 1.36. The lowest BCUT2D eigenvalue weighted by Crippen LogP contribution is -2.20. The fourth-order valence-electron chi connectivity index (χ4n) is 1.86. The van der Waals surface area contributed by atoms with Gasteiger partial charge in [-0.2, -0.15) is 0 Å². The molecule has 0 unspecified atom stereocenters. The number of Topliss-reactive ketones (excluding diaryl/α,β-unsaturated/α-hetero) is 1. The molecule has 2 rings (SSSR count). The molecule has 1 heterocycles. The first-order chi connectivity index (χ1) is 9.16. The first-order valence-electron chi connectivity index (χ1n) is 6.28. The summed E-state index contributed by atoms with van der Waals surface area (Å²) in [6.07, 6.45) is 2.60. The second-order valence-corrected chi connectivity index (χ2v) is 4.45. The third kappa shape index (κ3) is 3.61. The summed E-state index contributed by atoms with van der Waals surface area (Å²) in [7, 11) is 0. The van der Waals surface area contributed by atoms with Crippen molar-refractivity contribution in [1.82, 2.24) is 9.55 Å². The predicted octanol–water partition coefficient (Wildman–Crippen LogP) is 2.21. The van der Waals surface area contributed by atoms with E-state index in [1.54, 1.807) is 6.92 Å². The molecule has 0 aliphatic heterocycles. The van der Waals surface area contributed by atoms with Crippen molar-refractivity contribution in [3.05, 3.63) is 64.3 Å². The highest BCUT2D eigenvalue weighted by Gasteiger charge is 2.05. The number of carbonyl (C=O) groups excluding carboxylic acids is 1. The zero-order chi connectivity index (χ0) is 13.7. The van der Waals surface area contributed by atoms with E-state index in [0.29, 0.717) is 25.1 Å². The summed E-state index contributed by atoms with van der Waals surface area (Å²) in [6, 6.07) is 10.7. The van der Waals surface area contributed by atoms with Gasteiger partial charge in [-0.25, -0.2) is 4.98 Å². The van der Waals surface area contributed by atoms with Crippen molar-refractivity contribution in [2.75, 3.05) is 0 Å². The molecule has 0 amide bonds. The Morgan fingerprint density at radius 2 is 2.00 bits per heavy atom. The van der Waals surface area contributed by atoms with E-state index in [1.165, 1.54) is 17.0 Å². The number of nitrogens with zero attached hydrogens (tertiary/aromatic N) is 2. The summed E-state index contributed by atoms with van der Waals surface area (Å²) in [4.78, 5) is 27.6. The molecule has 4 heteroatoms. The Bertz CT molecular complexity index is 618. The Labute approximate surface area is 111 Å². The van der Waals surface area contributed by atoms with Gasteiger partial charge in [0.1, 0.15) is 0 Å². The van der Waals surface area contributed by atoms with Crippen LogP contribution in [0.25, 0.3) is 0 Å². The molecule has 1 aromatic heterocycles. The van der Waals surface area contributed by atoms with Crippen LogP contribution in [0.2, 0.25) is 0 Å². The van der Waals surface area contributed by atoms with Crippen molar-refractivity contribution in [3.63, 3.8) is 0 Å². The minimum atomic E-state index is -0.0698. The second kappa shape index (κ2) is 6.09. The van der Waals surface area contributed by atoms with Crippen molar-refractivity contribution in [2.24, 2.45) is 0 Å². The minimum absolute atomic E-state index is 0.0698. The van der Waals surface area contributed by atoms with Crippen LogP contribution in [0, 0.1) is 6.92 Å². The highest BCUT2D eigenvalue weighted by Crippen LogP contribution is 2.05. The summed E-state index contributed by atoms with van der Waals surface area (Å²) < 4.78 is 1.53. The average Bonchev–Trinajstić information content (AvgIpc) is 2.42. The van der Waals surface area contributed by atoms with Crippen LogP contribution in [-0.2, 0) is 6.54 Å². The SMILES string of the molecule is Cc1cc(=O)n(CCCC(=O)c2ccccc2)cn1. The van der Waals surface area contributed by atoms with E-state index >= 15 is 0 Å². The molecule has 0 saturated heterocycles. The zero-order valence-corrected chi connectivity index (χ0v) is 10.9. The van der Waals surface area contributed by atoms with Gasteiger partial charge in [0.2, 0.25) is 0 Å². The maximum absolute atomic E-state index is 11.9. The van der Waals surface area contributed by atoms with E-state index in [1.807, 2.05) is 30.3 Å². The molecule has 98 valence electrons. The molecule has 0 spiro atoms. The van der Waals surface area contributed by atoms with Crippen molar-refractivity contribution in [1.29, 1.82) is 0 Å². The Morgan fingerprint density at radius 3 is 2.68 bits per heavy atom. The number of rotatable bonds is 5. The van der Waals surface area contributed by atoms with Crippen LogP contribution in [0.5, 0.6) is 0 Å². The molecule has 19 heavy (non-hydrogen) atoms. The van der Waals surface area contributed by atoms with Gasteiger partial charge < -0.3 is 0 Å². The number of aromatic nitrogens is 2. The maximum atomic E-state index is 11.9. The third-order valence-corrected chi connectivity index (χ3v) is 2.91. The highest BCUT2D eigenvalue weighted by molar-refractivity contribution is 5.95. The molecular formula is C15H16N2O2. The van der Waals surface area contributed by atoms with Crippen LogP contribution in [0.15, 0.2) is 47.5 Å². The molecule has 0 aliphatic carbocycles. The van der Waals surface area contributed by atoms with Gasteiger partial charge in [0.15, 0.2) is 5.78 Å². The van der Waals surface area contributed by atoms with Gasteiger partial charge in [-0.15, -0.1) is 0 Å². The molecule has 1 aromatic carbocycles. The van der Waals surface area contributed by atoms with Crippen molar-refractivity contribution >= 4 is 5.78 Å². The molecule has 0 saturated carbocycles. The van der Waals surface area contributed by atoms with Crippen LogP contribution in [0.1, 0.15) is 28.9 Å². The van der Waals surface area contributed by atoms with Crippen LogP contribution >= 0.6 is 0 Å². The van der Waals surface area contributed by atoms with Crippen LogP contribution in [-0.4, -0.2) is 15.3 Å². The molecule has 0 fully saturated rings. The summed E-state index contributed by atoms with van der Waals surface area (Å²) in [5, 5.41) is 0. The standard InChI is InChI=1S/C15H16N2O2/c1-12-10-15(19)17(11-16-12)9-5-8-14(18)13-6-3-2-4-7-13/h2-4,6-7,10-11H,5,8-9H2,1H3. The number of aryl methyl sites for hydroxylation is 2. The Morgan fingerprint density at radius 1 is 1.26 bits per heavy atom. The van der Waals surface area contributed by atoms with Gasteiger partial charge in [-0.1, -0.05) is 30.3 Å². The van der Waals surface area contributed by atoms with Crippen molar-refractivity contribution < 1.29 is 4.79 Å².